The molecule has 2 aromatic carbocycles. The molecule has 3 rings (SSSR count). The van der Waals surface area contributed by atoms with Crippen LogP contribution in [0.25, 0.3) is 11.3 Å². The summed E-state index contributed by atoms with van der Waals surface area (Å²) in [6.07, 6.45) is 0. The van der Waals surface area contributed by atoms with E-state index in [1.807, 2.05) is 0 Å². The molecule has 1 aromatic heterocycles. The molecular formula is C18H13Cl2N3O2S. The molecule has 0 bridgehead atoms. The molecule has 5 nitrogen and oxygen atoms in total. The van der Waals surface area contributed by atoms with Crippen molar-refractivity contribution < 1.29 is 9.32 Å². The molecule has 0 atom stereocenters. The van der Waals surface area contributed by atoms with Crippen molar-refractivity contribution in [2.45, 2.75) is 6.92 Å². The number of aryl methyl sites for hydroxylation is 1. The second kappa shape index (κ2) is 7.86. The number of aromatic nitrogens is 1. The Kier molecular flexibility index (Phi) is 5.56. The van der Waals surface area contributed by atoms with Crippen LogP contribution in [-0.2, 0) is 0 Å². The van der Waals surface area contributed by atoms with Gasteiger partial charge < -0.3 is 9.84 Å². The molecule has 132 valence electrons. The normalized spacial score (nSPS) is 10.4. The first-order chi connectivity index (χ1) is 12.5. The fourth-order valence-corrected chi connectivity index (χ4v) is 2.97. The number of benzene rings is 2. The molecule has 1 heterocycles. The molecule has 0 spiro atoms. The highest BCUT2D eigenvalue weighted by Gasteiger charge is 2.23. The van der Waals surface area contributed by atoms with E-state index in [9.17, 15) is 4.79 Å². The molecule has 0 radical (unpaired) electrons. The van der Waals surface area contributed by atoms with E-state index in [0.29, 0.717) is 32.8 Å². The second-order valence-electron chi connectivity index (χ2n) is 5.33. The van der Waals surface area contributed by atoms with Gasteiger partial charge in [0, 0.05) is 5.56 Å². The number of hydrogen-bond acceptors (Lipinski definition) is 4. The number of carbonyl (C=O) groups is 1. The van der Waals surface area contributed by atoms with Gasteiger partial charge in [-0.1, -0.05) is 58.7 Å². The average Bonchev–Trinajstić information content (AvgIpc) is 2.99. The molecule has 1 amide bonds. The third-order valence-electron chi connectivity index (χ3n) is 3.57. The Hall–Kier alpha value is -2.41. The van der Waals surface area contributed by atoms with E-state index in [2.05, 4.69) is 15.8 Å². The molecule has 0 aliphatic rings. The van der Waals surface area contributed by atoms with E-state index < -0.39 is 5.91 Å². The molecule has 3 aromatic rings. The van der Waals surface area contributed by atoms with E-state index in [0.717, 1.165) is 0 Å². The van der Waals surface area contributed by atoms with Crippen LogP contribution >= 0.6 is 35.4 Å². The topological polar surface area (TPSA) is 67.2 Å². The molecule has 0 aliphatic carbocycles. The maximum Gasteiger partial charge on any atom is 0.263 e. The number of carbonyl (C=O) groups excluding carboxylic acids is 1. The fourth-order valence-electron chi connectivity index (χ4n) is 2.36. The van der Waals surface area contributed by atoms with Gasteiger partial charge in [0.15, 0.2) is 5.11 Å². The van der Waals surface area contributed by atoms with Crippen LogP contribution in [0.2, 0.25) is 10.0 Å². The zero-order chi connectivity index (χ0) is 18.7. The summed E-state index contributed by atoms with van der Waals surface area (Å²) in [5.41, 5.74) is 1.81. The predicted octanol–water partition coefficient (Wildman–Crippen LogP) is 5.08. The lowest BCUT2D eigenvalue weighted by Crippen LogP contribution is -2.34. The molecule has 8 heteroatoms. The van der Waals surface area contributed by atoms with Crippen LogP contribution < -0.4 is 10.6 Å². The highest BCUT2D eigenvalue weighted by Crippen LogP contribution is 2.31. The largest absolute Gasteiger partial charge is 0.360 e. The summed E-state index contributed by atoms with van der Waals surface area (Å²) < 4.78 is 5.19. The Labute approximate surface area is 165 Å². The number of nitrogens with zero attached hydrogens (tertiary/aromatic N) is 1. The van der Waals surface area contributed by atoms with Crippen LogP contribution in [0.5, 0.6) is 0 Å². The Balaban J connectivity index is 1.83. The number of nitrogens with one attached hydrogen (secondary N) is 2. The van der Waals surface area contributed by atoms with Gasteiger partial charge in [0.1, 0.15) is 17.0 Å². The van der Waals surface area contributed by atoms with Crippen LogP contribution in [0.1, 0.15) is 16.1 Å². The van der Waals surface area contributed by atoms with Crippen molar-refractivity contribution in [3.63, 3.8) is 0 Å². The quantitative estimate of drug-likeness (QED) is 0.594. The first kappa shape index (κ1) is 18.4. The van der Waals surface area contributed by atoms with E-state index in [1.165, 1.54) is 0 Å². The van der Waals surface area contributed by atoms with Gasteiger partial charge in [0.2, 0.25) is 0 Å². The van der Waals surface area contributed by atoms with Gasteiger partial charge in [0.05, 0.1) is 15.7 Å². The Bertz CT molecular complexity index is 988. The van der Waals surface area contributed by atoms with Gasteiger partial charge in [-0.2, -0.15) is 0 Å². The first-order valence-corrected chi connectivity index (χ1v) is 8.72. The highest BCUT2D eigenvalue weighted by atomic mass is 35.5. The molecule has 0 saturated heterocycles. The number of halogens is 2. The van der Waals surface area contributed by atoms with Crippen molar-refractivity contribution >= 4 is 52.1 Å². The monoisotopic (exact) mass is 405 g/mol. The van der Waals surface area contributed by atoms with E-state index >= 15 is 0 Å². The smallest absolute Gasteiger partial charge is 0.263 e. The lowest BCUT2D eigenvalue weighted by Gasteiger charge is -2.11. The molecule has 0 aliphatic heterocycles. The molecule has 0 saturated carbocycles. The van der Waals surface area contributed by atoms with E-state index in [1.54, 1.807) is 55.5 Å². The van der Waals surface area contributed by atoms with Crippen molar-refractivity contribution in [3.05, 3.63) is 69.9 Å². The third kappa shape index (κ3) is 3.88. The molecule has 2 N–H and O–H groups in total. The summed E-state index contributed by atoms with van der Waals surface area (Å²) in [5, 5.41) is 10.5. The van der Waals surface area contributed by atoms with Gasteiger partial charge in [-0.25, -0.2) is 0 Å². The van der Waals surface area contributed by atoms with Crippen molar-refractivity contribution in [1.29, 1.82) is 0 Å². The van der Waals surface area contributed by atoms with Gasteiger partial charge in [-0.05, 0) is 37.3 Å². The number of amides is 1. The van der Waals surface area contributed by atoms with Gasteiger partial charge in [0.25, 0.3) is 5.91 Å². The zero-order valence-corrected chi connectivity index (χ0v) is 15.9. The van der Waals surface area contributed by atoms with Crippen LogP contribution in [0.3, 0.4) is 0 Å². The lowest BCUT2D eigenvalue weighted by atomic mass is 10.1. The van der Waals surface area contributed by atoms with Crippen molar-refractivity contribution in [2.24, 2.45) is 0 Å². The fraction of sp³-hybridized carbons (Fsp3) is 0.0556. The van der Waals surface area contributed by atoms with Gasteiger partial charge in [-0.3, -0.25) is 10.1 Å². The van der Waals surface area contributed by atoms with E-state index in [-0.39, 0.29) is 10.7 Å². The van der Waals surface area contributed by atoms with E-state index in [4.69, 9.17) is 39.9 Å². The maximum atomic E-state index is 12.7. The van der Waals surface area contributed by atoms with Crippen LogP contribution in [0, 0.1) is 6.92 Å². The second-order valence-corrected chi connectivity index (χ2v) is 6.55. The SMILES string of the molecule is Cc1onc(-c2ccccc2Cl)c1C(=O)NC(=S)Nc1ccccc1Cl. The molecule has 26 heavy (non-hydrogen) atoms. The summed E-state index contributed by atoms with van der Waals surface area (Å²) in [6, 6.07) is 14.1. The van der Waals surface area contributed by atoms with Crippen molar-refractivity contribution in [3.8, 4) is 11.3 Å². The number of thiocarbonyl (C=S) groups is 1. The lowest BCUT2D eigenvalue weighted by molar-refractivity contribution is 0.0977. The molecule has 0 unspecified atom stereocenters. The Morgan fingerprint density at radius 3 is 2.42 bits per heavy atom. The average molecular weight is 406 g/mol. The van der Waals surface area contributed by atoms with Crippen molar-refractivity contribution in [1.82, 2.24) is 10.5 Å². The molecular weight excluding hydrogens is 393 g/mol. The van der Waals surface area contributed by atoms with Crippen LogP contribution in [0.4, 0.5) is 5.69 Å². The maximum absolute atomic E-state index is 12.7. The molecule has 0 fully saturated rings. The van der Waals surface area contributed by atoms with Gasteiger partial charge in [-0.15, -0.1) is 0 Å². The third-order valence-corrected chi connectivity index (χ3v) is 4.43. The standard InChI is InChI=1S/C18H13Cl2N3O2S/c1-10-15(16(23-25-10)11-6-2-3-7-12(11)19)17(24)22-18(26)21-14-9-5-4-8-13(14)20/h2-9H,1H3,(H2,21,22,24,26). The number of hydrogen-bond donors (Lipinski definition) is 2. The van der Waals surface area contributed by atoms with Crippen LogP contribution in [0.15, 0.2) is 53.1 Å². The minimum atomic E-state index is -0.455. The Morgan fingerprint density at radius 1 is 1.08 bits per heavy atom. The summed E-state index contributed by atoms with van der Waals surface area (Å²) in [7, 11) is 0. The van der Waals surface area contributed by atoms with Gasteiger partial charge >= 0.3 is 0 Å². The predicted molar refractivity (Wildman–Crippen MR) is 107 cm³/mol. The summed E-state index contributed by atoms with van der Waals surface area (Å²) in [5.74, 6) is -0.0961. The first-order valence-electron chi connectivity index (χ1n) is 7.55. The van der Waals surface area contributed by atoms with Crippen molar-refractivity contribution in [2.75, 3.05) is 5.32 Å². The summed E-state index contributed by atoms with van der Waals surface area (Å²) in [4.78, 5) is 12.7. The minimum absolute atomic E-state index is 0.105. The summed E-state index contributed by atoms with van der Waals surface area (Å²) in [6.45, 7) is 1.65. The summed E-state index contributed by atoms with van der Waals surface area (Å²) >= 11 is 17.5. The number of rotatable bonds is 3. The zero-order valence-electron chi connectivity index (χ0n) is 13.5. The highest BCUT2D eigenvalue weighted by molar-refractivity contribution is 7.80. The number of anilines is 1. The minimum Gasteiger partial charge on any atom is -0.360 e. The van der Waals surface area contributed by atoms with Crippen LogP contribution in [-0.4, -0.2) is 16.2 Å². The number of para-hydroxylation sites is 1. The Morgan fingerprint density at radius 2 is 1.73 bits per heavy atom.